The number of likely N-dealkylation sites (N-methyl/N-ethyl adjacent to an activating group) is 1. The molecule has 3 saturated heterocycles. The maximum atomic E-state index is 12.8. The average molecular weight is 1430 g/mol. The van der Waals surface area contributed by atoms with Gasteiger partial charge in [-0.3, -0.25) is 29.1 Å². The monoisotopic (exact) mass is 1430 g/mol. The lowest BCUT2D eigenvalue weighted by Gasteiger charge is -2.32. The number of piperazine rings is 1. The molecule has 12 aromatic rings. The van der Waals surface area contributed by atoms with Gasteiger partial charge in [0.2, 0.25) is 0 Å². The van der Waals surface area contributed by atoms with Gasteiger partial charge in [0.25, 0.3) is 17.7 Å². The van der Waals surface area contributed by atoms with Crippen LogP contribution in [0.2, 0.25) is 0 Å². The fourth-order valence-electron chi connectivity index (χ4n) is 14.0. The van der Waals surface area contributed by atoms with Crippen LogP contribution >= 0.6 is 0 Å². The van der Waals surface area contributed by atoms with Crippen LogP contribution in [0.25, 0.3) is 28.3 Å². The zero-order chi connectivity index (χ0) is 74.8. The molecule has 11 heterocycles. The molecule has 0 saturated carbocycles. The summed E-state index contributed by atoms with van der Waals surface area (Å²) in [6, 6.07) is 44.7. The van der Waals surface area contributed by atoms with Crippen molar-refractivity contribution < 1.29 is 27.6 Å². The van der Waals surface area contributed by atoms with E-state index in [0.717, 1.165) is 132 Å². The number of anilines is 4. The van der Waals surface area contributed by atoms with Gasteiger partial charge in [0.1, 0.15) is 22.6 Å². The van der Waals surface area contributed by atoms with Gasteiger partial charge in [-0.05, 0) is 240 Å². The number of hydrogen-bond acceptors (Lipinski definition) is 12. The van der Waals surface area contributed by atoms with Crippen LogP contribution in [-0.4, -0.2) is 134 Å². The second-order valence-electron chi connectivity index (χ2n) is 28.2. The van der Waals surface area contributed by atoms with E-state index < -0.39 is 11.7 Å². The zero-order valence-corrected chi connectivity index (χ0v) is 62.1. The number of rotatable bonds is 15. The molecule has 106 heavy (non-hydrogen) atoms. The molecular weight excluding hydrogens is 1340 g/mol. The van der Waals surface area contributed by atoms with Crippen molar-refractivity contribution in [1.29, 1.82) is 0 Å². The first-order chi connectivity index (χ1) is 50.9. The largest absolute Gasteiger partial charge is 0.416 e. The number of carbonyl (C=O) groups excluding carboxylic acids is 3. The number of piperidine rings is 2. The maximum absolute atomic E-state index is 12.8. The van der Waals surface area contributed by atoms with Gasteiger partial charge in [-0.25, -0.2) is 19.9 Å². The summed E-state index contributed by atoms with van der Waals surface area (Å²) in [4.78, 5) is 66.2. The highest BCUT2D eigenvalue weighted by atomic mass is 19.4. The minimum atomic E-state index is -4.34. The van der Waals surface area contributed by atoms with Gasteiger partial charge < -0.3 is 43.8 Å². The second kappa shape index (κ2) is 33.5. The van der Waals surface area contributed by atoms with Crippen LogP contribution in [0.15, 0.2) is 177 Å². The van der Waals surface area contributed by atoms with E-state index in [1.807, 2.05) is 183 Å². The van der Waals surface area contributed by atoms with Crippen molar-refractivity contribution in [2.75, 3.05) is 80.7 Å². The third-order valence-electron chi connectivity index (χ3n) is 19.7. The molecule has 550 valence electrons. The molecule has 4 N–H and O–H groups in total. The summed E-state index contributed by atoms with van der Waals surface area (Å²) in [5, 5.41) is 12.0. The molecular formula is C84H95F3N16O3. The van der Waals surface area contributed by atoms with Crippen LogP contribution in [0.3, 0.4) is 0 Å². The molecule has 19 nitrogen and oxygen atoms in total. The molecule has 0 radical (unpaired) electrons. The summed E-state index contributed by atoms with van der Waals surface area (Å²) in [5.74, 6) is -0.385. The van der Waals surface area contributed by atoms with Crippen LogP contribution in [-0.2, 0) is 25.8 Å². The van der Waals surface area contributed by atoms with Gasteiger partial charge in [0.05, 0.1) is 22.3 Å². The van der Waals surface area contributed by atoms with Crippen LogP contribution in [0.4, 0.5) is 35.9 Å². The molecule has 8 aromatic heterocycles. The highest BCUT2D eigenvalue weighted by Gasteiger charge is 2.30. The predicted octanol–water partition coefficient (Wildman–Crippen LogP) is 16.4. The summed E-state index contributed by atoms with van der Waals surface area (Å²) in [6.45, 7) is 31.9. The number of likely N-dealkylation sites (tertiary alicyclic amines) is 2. The smallest absolute Gasteiger partial charge is 0.355 e. The lowest BCUT2D eigenvalue weighted by molar-refractivity contribution is -0.137. The molecule has 3 aliphatic rings. The Morgan fingerprint density at radius 1 is 0.368 bits per heavy atom. The number of nitrogens with one attached hydrogen (secondary N) is 4. The van der Waals surface area contributed by atoms with Crippen molar-refractivity contribution in [3.8, 4) is 0 Å². The molecule has 3 fully saturated rings. The van der Waals surface area contributed by atoms with Crippen molar-refractivity contribution in [3.05, 3.63) is 267 Å². The predicted molar refractivity (Wildman–Crippen MR) is 417 cm³/mol. The molecule has 3 aliphatic heterocycles. The van der Waals surface area contributed by atoms with E-state index in [9.17, 15) is 27.6 Å². The van der Waals surface area contributed by atoms with Gasteiger partial charge in [0, 0.05) is 150 Å². The number of alkyl halides is 3. The molecule has 22 heteroatoms. The minimum absolute atomic E-state index is 0.126. The van der Waals surface area contributed by atoms with E-state index in [0.29, 0.717) is 45.0 Å². The number of carbonyl (C=O) groups is 3. The number of nitrogens with zero attached hydrogens (tertiary/aromatic N) is 12. The number of fused-ring (bicyclic) bond motifs is 4. The Morgan fingerprint density at radius 3 is 0.953 bits per heavy atom. The molecule has 4 aromatic carbocycles. The summed E-state index contributed by atoms with van der Waals surface area (Å²) < 4.78 is 45.6. The molecule has 0 spiro atoms. The molecule has 0 unspecified atom stereocenters. The number of benzene rings is 4. The van der Waals surface area contributed by atoms with Gasteiger partial charge in [-0.15, -0.1) is 0 Å². The summed E-state index contributed by atoms with van der Waals surface area (Å²) in [6.07, 6.45) is 11.1. The SMILES string of the molecule is C=C(Nc1ccc(C(F)(F)F)cc1)c1ccn2c(C)cc(C)nc12.Cc1cc(C)n2ccc(C(=O)Nc3ccc(CN4CCCCC4)cc3)c2n1.Cc1cc(C)n2ccc(C(=O)Nc3ccc(CN4CCCCC4)cc3)c2n1.Cc1cc(C)n2ccc(C(=O)Nc3ccc(CN4CCN(C)CC4)cc3)c2n1. The molecule has 0 aliphatic carbocycles. The zero-order valence-electron chi connectivity index (χ0n) is 62.1. The fraction of sp³-hybridized carbons (Fsp3) is 0.321. The molecule has 0 atom stereocenters. The Morgan fingerprint density at radius 2 is 0.642 bits per heavy atom. The average Bonchev–Trinajstić information content (AvgIpc) is 1.66. The topological polar surface area (TPSA) is 181 Å². The third kappa shape index (κ3) is 18.8. The van der Waals surface area contributed by atoms with Crippen LogP contribution < -0.4 is 21.3 Å². The van der Waals surface area contributed by atoms with Crippen molar-refractivity contribution in [3.63, 3.8) is 0 Å². The lowest BCUT2D eigenvalue weighted by Crippen LogP contribution is -2.43. The quantitative estimate of drug-likeness (QED) is 0.0764. The Balaban J connectivity index is 0.000000133. The number of aryl methyl sites for hydroxylation is 8. The first kappa shape index (κ1) is 74.9. The van der Waals surface area contributed by atoms with E-state index in [1.165, 1.54) is 93.5 Å². The van der Waals surface area contributed by atoms with Crippen molar-refractivity contribution in [1.82, 2.24) is 57.1 Å². The van der Waals surface area contributed by atoms with Crippen LogP contribution in [0.5, 0.6) is 0 Å². The fourth-order valence-corrected chi connectivity index (χ4v) is 14.0. The first-order valence-electron chi connectivity index (χ1n) is 36.5. The Hall–Kier alpha value is -10.8. The van der Waals surface area contributed by atoms with Gasteiger partial charge in [-0.1, -0.05) is 55.8 Å². The second-order valence-corrected chi connectivity index (χ2v) is 28.2. The van der Waals surface area contributed by atoms with E-state index in [4.69, 9.17) is 0 Å². The number of amides is 3. The lowest BCUT2D eigenvalue weighted by atomic mass is 10.1. The summed E-state index contributed by atoms with van der Waals surface area (Å²) >= 11 is 0. The van der Waals surface area contributed by atoms with E-state index in [2.05, 4.69) is 111 Å². The Labute approximate surface area is 617 Å². The van der Waals surface area contributed by atoms with Crippen molar-refractivity contribution in [2.24, 2.45) is 0 Å². The van der Waals surface area contributed by atoms with E-state index in [-0.39, 0.29) is 17.7 Å². The number of hydrogen-bond donors (Lipinski definition) is 4. The number of halogens is 3. The molecule has 15 rings (SSSR count). The highest BCUT2D eigenvalue weighted by Crippen LogP contribution is 2.32. The van der Waals surface area contributed by atoms with E-state index in [1.54, 1.807) is 0 Å². The molecule has 0 bridgehead atoms. The van der Waals surface area contributed by atoms with Gasteiger partial charge in [0.15, 0.2) is 0 Å². The highest BCUT2D eigenvalue weighted by molar-refractivity contribution is 6.10. The van der Waals surface area contributed by atoms with Gasteiger partial charge >= 0.3 is 6.18 Å². The van der Waals surface area contributed by atoms with Crippen LogP contribution in [0, 0.1) is 55.4 Å². The molecule has 3 amide bonds. The Kier molecular flexibility index (Phi) is 23.7. The normalized spacial score (nSPS) is 14.6. The standard InChI is InChI=1S/C22H27N5O.2C22H26N4O.C18H16F3N3/c1-16-14-17(2)27-9-8-20(21(27)23-16)22(28)24-19-6-4-18(5-7-19)15-26-12-10-25(3)11-13-26;2*1-16-14-17(2)26-13-10-20(21(26)23-16)22(27)24-19-8-6-18(7-9-19)15-25-11-4-3-5-12-25;1-11-10-12(2)24-9-8-16(17(24)22-11)13(3)23-15-6-4-14(5-7-15)18(19,20)21/h4-9,14H,10-13,15H2,1-3H3,(H,24,28);2*6-10,13-14H,3-5,11-12,15H2,1-2H3,(H,24,27);4-10,23H,3H2,1-2H3. The number of aromatic nitrogens is 8. The minimum Gasteiger partial charge on any atom is -0.355 e. The Bertz CT molecular complexity index is 4910. The van der Waals surface area contributed by atoms with Crippen LogP contribution in [0.1, 0.15) is 143 Å². The summed E-state index contributed by atoms with van der Waals surface area (Å²) in [7, 11) is 2.17. The van der Waals surface area contributed by atoms with Crippen molar-refractivity contribution >= 4 is 68.8 Å². The maximum Gasteiger partial charge on any atom is 0.416 e. The van der Waals surface area contributed by atoms with E-state index >= 15 is 0 Å². The van der Waals surface area contributed by atoms with Crippen molar-refractivity contribution in [2.45, 2.75) is 120 Å². The van der Waals surface area contributed by atoms with Gasteiger partial charge in [-0.2, -0.15) is 13.2 Å². The third-order valence-corrected chi connectivity index (χ3v) is 19.7. The first-order valence-corrected chi connectivity index (χ1v) is 36.5. The summed E-state index contributed by atoms with van der Waals surface area (Å²) in [5.41, 5.74) is 20.0.